The zero-order valence-electron chi connectivity index (χ0n) is 17.4. The molecule has 0 fully saturated rings. The third kappa shape index (κ3) is 4.11. The summed E-state index contributed by atoms with van der Waals surface area (Å²) in [6.07, 6.45) is -2.56. The molecule has 1 N–H and O–H groups in total. The normalized spacial score (nSPS) is 13.4. The molecule has 0 aliphatic carbocycles. The fourth-order valence-electron chi connectivity index (χ4n) is 3.91. The molecule has 0 spiro atoms. The number of alkyl halides is 3. The van der Waals surface area contributed by atoms with Crippen molar-refractivity contribution in [2.45, 2.75) is 12.7 Å². The largest absolute Gasteiger partial charge is 0.490 e. The zero-order chi connectivity index (χ0) is 23.0. The molecule has 5 rings (SSSR count). The smallest absolute Gasteiger partial charge is 0.416 e. The molecule has 0 unspecified atom stereocenters. The number of nitrogens with zero attached hydrogens (tertiary/aromatic N) is 1. The summed E-state index contributed by atoms with van der Waals surface area (Å²) in [7, 11) is 0. The second-order valence-electron chi connectivity index (χ2n) is 7.64. The number of aromatic amines is 1. The number of hydrogen-bond acceptors (Lipinski definition) is 3. The molecule has 2 heterocycles. The minimum atomic E-state index is -4.42. The molecule has 4 aromatic rings. The summed E-state index contributed by atoms with van der Waals surface area (Å²) in [5.41, 5.74) is 1.86. The minimum absolute atomic E-state index is 0.223. The molecule has 0 saturated carbocycles. The van der Waals surface area contributed by atoms with Gasteiger partial charge in [-0.25, -0.2) is 0 Å². The molecule has 0 radical (unpaired) electrons. The summed E-state index contributed by atoms with van der Waals surface area (Å²) in [6.45, 7) is 0.812. The average Bonchev–Trinajstić information content (AvgIpc) is 3.41. The summed E-state index contributed by atoms with van der Waals surface area (Å²) < 4.78 is 50.2. The number of benzene rings is 3. The number of halogens is 3. The molecule has 8 heteroatoms. The van der Waals surface area contributed by atoms with Gasteiger partial charge in [0.25, 0.3) is 5.91 Å². The Balaban J connectivity index is 1.24. The topological polar surface area (TPSA) is 54.6 Å². The van der Waals surface area contributed by atoms with E-state index in [1.807, 2.05) is 30.5 Å². The van der Waals surface area contributed by atoms with Crippen molar-refractivity contribution in [3.05, 3.63) is 89.6 Å². The number of carbonyl (C=O) groups excluding carboxylic acids is 1. The first-order valence-electron chi connectivity index (χ1n) is 10.3. The number of amides is 1. The lowest BCUT2D eigenvalue weighted by atomic mass is 10.1. The highest BCUT2D eigenvalue weighted by atomic mass is 19.4. The van der Waals surface area contributed by atoms with E-state index in [0.717, 1.165) is 28.8 Å². The molecule has 5 nitrogen and oxygen atoms in total. The van der Waals surface area contributed by atoms with Crippen molar-refractivity contribution < 1.29 is 27.4 Å². The number of nitrogens with one attached hydrogen (secondary N) is 1. The summed E-state index contributed by atoms with van der Waals surface area (Å²) in [5.74, 6) is 1.01. The Morgan fingerprint density at radius 1 is 0.939 bits per heavy atom. The molecule has 1 aliphatic heterocycles. The summed E-state index contributed by atoms with van der Waals surface area (Å²) in [4.78, 5) is 17.4. The van der Waals surface area contributed by atoms with Gasteiger partial charge in [0.15, 0.2) is 0 Å². The van der Waals surface area contributed by atoms with E-state index >= 15 is 0 Å². The van der Waals surface area contributed by atoms with Crippen molar-refractivity contribution in [1.29, 1.82) is 0 Å². The van der Waals surface area contributed by atoms with Crippen LogP contribution in [0, 0.1) is 0 Å². The van der Waals surface area contributed by atoms with Gasteiger partial charge in [-0.15, -0.1) is 0 Å². The Hall–Kier alpha value is -3.94. The second kappa shape index (κ2) is 8.20. The summed E-state index contributed by atoms with van der Waals surface area (Å²) in [5, 5.41) is 1.05. The molecule has 3 aromatic carbocycles. The van der Waals surface area contributed by atoms with Crippen LogP contribution >= 0.6 is 0 Å². The maximum Gasteiger partial charge on any atom is 0.416 e. The SMILES string of the molecule is O=C1c2cccc(OCCOc3ccc4[nH]ccc4c3)c2CN1c1ccc(C(F)(F)F)cc1. The predicted octanol–water partition coefficient (Wildman–Crippen LogP) is 5.80. The van der Waals surface area contributed by atoms with Crippen LogP contribution in [0.1, 0.15) is 21.5 Å². The van der Waals surface area contributed by atoms with Gasteiger partial charge in [0.2, 0.25) is 0 Å². The third-order valence-electron chi connectivity index (χ3n) is 5.57. The number of H-pyrrole nitrogens is 1. The van der Waals surface area contributed by atoms with E-state index in [2.05, 4.69) is 4.98 Å². The number of ether oxygens (including phenoxy) is 2. The van der Waals surface area contributed by atoms with Gasteiger partial charge in [-0.1, -0.05) is 6.07 Å². The molecule has 1 aromatic heterocycles. The van der Waals surface area contributed by atoms with Gasteiger partial charge in [-0.2, -0.15) is 13.2 Å². The number of carbonyl (C=O) groups is 1. The standard InChI is InChI=1S/C25H19F3N2O3/c26-25(27,28)17-4-6-18(7-5-17)30-15-21-20(24(30)31)2-1-3-23(21)33-13-12-32-19-8-9-22-16(14-19)10-11-29-22/h1-11,14,29H,12-13,15H2. The van der Waals surface area contributed by atoms with Gasteiger partial charge in [-0.3, -0.25) is 4.79 Å². The molecule has 168 valence electrons. The molecular formula is C25H19F3N2O3. The van der Waals surface area contributed by atoms with Gasteiger partial charge in [-0.05, 0) is 60.7 Å². The van der Waals surface area contributed by atoms with Crippen LogP contribution in [0.4, 0.5) is 18.9 Å². The van der Waals surface area contributed by atoms with Crippen LogP contribution in [0.3, 0.4) is 0 Å². The first kappa shape index (κ1) is 20.9. The molecular weight excluding hydrogens is 433 g/mol. The van der Waals surface area contributed by atoms with Crippen molar-refractivity contribution in [2.75, 3.05) is 18.1 Å². The van der Waals surface area contributed by atoms with Crippen LogP contribution in [-0.2, 0) is 12.7 Å². The number of rotatable bonds is 6. The van der Waals surface area contributed by atoms with Crippen LogP contribution in [-0.4, -0.2) is 24.1 Å². The summed E-state index contributed by atoms with van der Waals surface area (Å²) in [6, 6.07) is 17.5. The fourth-order valence-corrected chi connectivity index (χ4v) is 3.91. The van der Waals surface area contributed by atoms with Gasteiger partial charge >= 0.3 is 6.18 Å². The lowest BCUT2D eigenvalue weighted by molar-refractivity contribution is -0.137. The van der Waals surface area contributed by atoms with Gasteiger partial charge in [0.05, 0.1) is 12.1 Å². The molecule has 1 amide bonds. The highest BCUT2D eigenvalue weighted by Gasteiger charge is 2.33. The van der Waals surface area contributed by atoms with Crippen molar-refractivity contribution in [1.82, 2.24) is 4.98 Å². The highest BCUT2D eigenvalue weighted by molar-refractivity contribution is 6.10. The Kier molecular flexibility index (Phi) is 5.20. The van der Waals surface area contributed by atoms with Crippen LogP contribution in [0.5, 0.6) is 11.5 Å². The average molecular weight is 452 g/mol. The van der Waals surface area contributed by atoms with Crippen molar-refractivity contribution >= 4 is 22.5 Å². The Bertz CT molecular complexity index is 1310. The van der Waals surface area contributed by atoms with E-state index in [1.54, 1.807) is 18.2 Å². The van der Waals surface area contributed by atoms with Crippen molar-refractivity contribution in [3.8, 4) is 11.5 Å². The quantitative estimate of drug-likeness (QED) is 0.376. The third-order valence-corrected chi connectivity index (χ3v) is 5.57. The maximum absolute atomic E-state index is 12.9. The van der Waals surface area contributed by atoms with Crippen LogP contribution in [0.25, 0.3) is 10.9 Å². The molecule has 33 heavy (non-hydrogen) atoms. The highest BCUT2D eigenvalue weighted by Crippen LogP contribution is 2.36. The predicted molar refractivity (Wildman–Crippen MR) is 118 cm³/mol. The fraction of sp³-hybridized carbons (Fsp3) is 0.160. The monoisotopic (exact) mass is 452 g/mol. The van der Waals surface area contributed by atoms with E-state index in [9.17, 15) is 18.0 Å². The lowest BCUT2D eigenvalue weighted by Crippen LogP contribution is -2.23. The maximum atomic E-state index is 12.9. The first-order chi connectivity index (χ1) is 15.9. The number of aromatic nitrogens is 1. The van der Waals surface area contributed by atoms with Gasteiger partial charge in [0.1, 0.15) is 24.7 Å². The van der Waals surface area contributed by atoms with Gasteiger partial charge in [0, 0.05) is 33.9 Å². The number of hydrogen-bond donors (Lipinski definition) is 1. The number of fused-ring (bicyclic) bond motifs is 2. The number of anilines is 1. The van der Waals surface area contributed by atoms with Crippen molar-refractivity contribution in [3.63, 3.8) is 0 Å². The minimum Gasteiger partial charge on any atom is -0.490 e. The molecule has 0 saturated heterocycles. The van der Waals surface area contributed by atoms with Crippen LogP contribution in [0.2, 0.25) is 0 Å². The van der Waals surface area contributed by atoms with Crippen molar-refractivity contribution in [2.24, 2.45) is 0 Å². The lowest BCUT2D eigenvalue weighted by Gasteiger charge is -2.17. The van der Waals surface area contributed by atoms with Crippen LogP contribution < -0.4 is 14.4 Å². The Morgan fingerprint density at radius 3 is 2.52 bits per heavy atom. The molecule has 0 bridgehead atoms. The van der Waals surface area contributed by atoms with Gasteiger partial charge < -0.3 is 19.4 Å². The van der Waals surface area contributed by atoms with E-state index in [-0.39, 0.29) is 19.1 Å². The first-order valence-corrected chi connectivity index (χ1v) is 10.3. The molecule has 0 atom stereocenters. The Labute approximate surface area is 187 Å². The van der Waals surface area contributed by atoms with E-state index < -0.39 is 11.7 Å². The van der Waals surface area contributed by atoms with Crippen LogP contribution in [0.15, 0.2) is 72.9 Å². The molecule has 1 aliphatic rings. The van der Waals surface area contributed by atoms with E-state index in [1.165, 1.54) is 17.0 Å². The Morgan fingerprint density at radius 2 is 1.73 bits per heavy atom. The summed E-state index contributed by atoms with van der Waals surface area (Å²) >= 11 is 0. The van der Waals surface area contributed by atoms with E-state index in [4.69, 9.17) is 9.47 Å². The van der Waals surface area contributed by atoms with E-state index in [0.29, 0.717) is 29.2 Å². The zero-order valence-corrected chi connectivity index (χ0v) is 17.4. The second-order valence-corrected chi connectivity index (χ2v) is 7.64.